The normalized spacial score (nSPS) is 11.4. The molecule has 0 bridgehead atoms. The van der Waals surface area contributed by atoms with E-state index in [9.17, 15) is 9.59 Å². The molecule has 3 rings (SSSR count). The van der Waals surface area contributed by atoms with Gasteiger partial charge in [-0.05, 0) is 70.7 Å². The number of hydrogen-bond donors (Lipinski definition) is 0. The lowest BCUT2D eigenvalue weighted by Crippen LogP contribution is -2.13. The number of esters is 2. The number of rotatable bonds is 16. The summed E-state index contributed by atoms with van der Waals surface area (Å²) in [5.41, 5.74) is 2.78. The zero-order valence-corrected chi connectivity index (χ0v) is 26.2. The maximum atomic E-state index is 12.1. The van der Waals surface area contributed by atoms with Gasteiger partial charge in [0.1, 0.15) is 11.5 Å². The fourth-order valence-corrected chi connectivity index (χ4v) is 3.89. The van der Waals surface area contributed by atoms with Crippen molar-refractivity contribution in [3.8, 4) is 23.0 Å². The van der Waals surface area contributed by atoms with Crippen LogP contribution in [-0.4, -0.2) is 52.6 Å². The Labute approximate surface area is 260 Å². The minimum absolute atomic E-state index is 0.0735. The molecule has 8 heteroatoms. The third-order valence-electron chi connectivity index (χ3n) is 6.45. The highest BCUT2D eigenvalue weighted by atomic mass is 16.5. The topological polar surface area (TPSA) is 89.5 Å². The van der Waals surface area contributed by atoms with Gasteiger partial charge in [-0.3, -0.25) is 0 Å². The molecule has 0 amide bonds. The second-order valence-electron chi connectivity index (χ2n) is 10.9. The zero-order chi connectivity index (χ0) is 31.8. The summed E-state index contributed by atoms with van der Waals surface area (Å²) in [6.07, 6.45) is 7.22. The standard InChI is InChI=1S/C36H42O8/c1-36(2,3)29-14-19-32(41-22-6-24-43-34(37)20-12-27-8-15-30(39-4)16-9-27)33(26-29)42-23-7-25-44-35(38)21-13-28-10-17-31(40-5)18-11-28/h8-21,26H,6-7,22-25H2,1-5H3. The molecule has 234 valence electrons. The fourth-order valence-electron chi connectivity index (χ4n) is 3.89. The molecule has 0 spiro atoms. The van der Waals surface area contributed by atoms with Gasteiger partial charge in [-0.25, -0.2) is 9.59 Å². The van der Waals surface area contributed by atoms with Crippen LogP contribution in [0, 0.1) is 0 Å². The van der Waals surface area contributed by atoms with E-state index >= 15 is 0 Å². The average molecular weight is 603 g/mol. The van der Waals surface area contributed by atoms with E-state index in [0.717, 1.165) is 28.2 Å². The van der Waals surface area contributed by atoms with Crippen LogP contribution in [0.1, 0.15) is 50.3 Å². The van der Waals surface area contributed by atoms with Gasteiger partial charge in [0, 0.05) is 25.0 Å². The second kappa shape index (κ2) is 17.4. The first kappa shape index (κ1) is 33.8. The third kappa shape index (κ3) is 11.9. The van der Waals surface area contributed by atoms with Crippen LogP contribution in [0.3, 0.4) is 0 Å². The lowest BCUT2D eigenvalue weighted by molar-refractivity contribution is -0.138. The highest BCUT2D eigenvalue weighted by Gasteiger charge is 2.17. The van der Waals surface area contributed by atoms with Gasteiger partial charge in [-0.2, -0.15) is 0 Å². The van der Waals surface area contributed by atoms with E-state index in [4.69, 9.17) is 28.4 Å². The molecule has 8 nitrogen and oxygen atoms in total. The Kier molecular flexibility index (Phi) is 13.4. The first-order valence-corrected chi connectivity index (χ1v) is 14.6. The Morgan fingerprint density at radius 2 is 1.07 bits per heavy atom. The SMILES string of the molecule is COc1ccc(C=CC(=O)OCCCOc2ccc(C(C)(C)C)cc2OCCCOC(=O)C=Cc2ccc(OC)cc2)cc1. The van der Waals surface area contributed by atoms with Gasteiger partial charge in [0.15, 0.2) is 11.5 Å². The first-order chi connectivity index (χ1) is 21.2. The summed E-state index contributed by atoms with van der Waals surface area (Å²) in [5.74, 6) is 1.88. The average Bonchev–Trinajstić information content (AvgIpc) is 3.02. The van der Waals surface area contributed by atoms with Crippen LogP contribution in [0.2, 0.25) is 0 Å². The molecule has 0 atom stereocenters. The van der Waals surface area contributed by atoms with Crippen molar-refractivity contribution in [1.82, 2.24) is 0 Å². The van der Waals surface area contributed by atoms with Crippen molar-refractivity contribution in [3.05, 3.63) is 95.6 Å². The number of carbonyl (C=O) groups is 2. The smallest absolute Gasteiger partial charge is 0.330 e. The molecule has 0 heterocycles. The highest BCUT2D eigenvalue weighted by Crippen LogP contribution is 2.33. The fraction of sp³-hybridized carbons (Fsp3) is 0.333. The maximum absolute atomic E-state index is 12.1. The van der Waals surface area contributed by atoms with Gasteiger partial charge in [0.05, 0.1) is 40.6 Å². The van der Waals surface area contributed by atoms with Gasteiger partial charge >= 0.3 is 11.9 Å². The quantitative estimate of drug-likeness (QED) is 0.0979. The van der Waals surface area contributed by atoms with Crippen molar-refractivity contribution in [2.45, 2.75) is 39.0 Å². The van der Waals surface area contributed by atoms with Gasteiger partial charge in [-0.1, -0.05) is 51.1 Å². The molecular weight excluding hydrogens is 560 g/mol. The van der Waals surface area contributed by atoms with Crippen molar-refractivity contribution in [2.24, 2.45) is 0 Å². The van der Waals surface area contributed by atoms with Crippen molar-refractivity contribution in [2.75, 3.05) is 40.6 Å². The van der Waals surface area contributed by atoms with E-state index in [0.29, 0.717) is 37.6 Å². The molecule has 0 saturated carbocycles. The van der Waals surface area contributed by atoms with Gasteiger partial charge < -0.3 is 28.4 Å². The molecular formula is C36H42O8. The van der Waals surface area contributed by atoms with E-state index in [-0.39, 0.29) is 18.6 Å². The van der Waals surface area contributed by atoms with Crippen LogP contribution in [0.15, 0.2) is 78.9 Å². The molecule has 0 N–H and O–H groups in total. The van der Waals surface area contributed by atoms with Crippen LogP contribution in [0.25, 0.3) is 12.2 Å². The summed E-state index contributed by atoms with van der Waals surface area (Å²) in [6, 6.07) is 20.6. The van der Waals surface area contributed by atoms with E-state index in [2.05, 4.69) is 20.8 Å². The minimum atomic E-state index is -0.420. The van der Waals surface area contributed by atoms with Crippen molar-refractivity contribution in [1.29, 1.82) is 0 Å². The largest absolute Gasteiger partial charge is 0.497 e. The van der Waals surface area contributed by atoms with E-state index in [1.807, 2.05) is 66.7 Å². The lowest BCUT2D eigenvalue weighted by atomic mass is 9.87. The summed E-state index contributed by atoms with van der Waals surface area (Å²) in [5, 5.41) is 0. The molecule has 3 aromatic rings. The Morgan fingerprint density at radius 1 is 0.614 bits per heavy atom. The molecule has 0 fully saturated rings. The Balaban J connectivity index is 1.42. The highest BCUT2D eigenvalue weighted by molar-refractivity contribution is 5.87. The predicted molar refractivity (Wildman–Crippen MR) is 171 cm³/mol. The molecule has 0 aliphatic carbocycles. The van der Waals surface area contributed by atoms with Gasteiger partial charge in [0.25, 0.3) is 0 Å². The van der Waals surface area contributed by atoms with Crippen molar-refractivity contribution < 1.29 is 38.0 Å². The third-order valence-corrected chi connectivity index (χ3v) is 6.45. The van der Waals surface area contributed by atoms with E-state index in [1.54, 1.807) is 26.4 Å². The van der Waals surface area contributed by atoms with Crippen LogP contribution < -0.4 is 18.9 Å². The molecule has 0 unspecified atom stereocenters. The number of carbonyl (C=O) groups excluding carboxylic acids is 2. The molecule has 0 aromatic heterocycles. The van der Waals surface area contributed by atoms with Crippen LogP contribution >= 0.6 is 0 Å². The summed E-state index contributed by atoms with van der Waals surface area (Å²) in [6.45, 7) is 7.52. The number of hydrogen-bond acceptors (Lipinski definition) is 8. The monoisotopic (exact) mass is 602 g/mol. The Bertz CT molecular complexity index is 1380. The first-order valence-electron chi connectivity index (χ1n) is 14.6. The Hall–Kier alpha value is -4.72. The summed E-state index contributed by atoms with van der Waals surface area (Å²) in [7, 11) is 3.21. The molecule has 0 radical (unpaired) electrons. The summed E-state index contributed by atoms with van der Waals surface area (Å²) >= 11 is 0. The number of ether oxygens (including phenoxy) is 6. The second-order valence-corrected chi connectivity index (χ2v) is 10.9. The lowest BCUT2D eigenvalue weighted by Gasteiger charge is -2.21. The van der Waals surface area contributed by atoms with Crippen LogP contribution in [0.5, 0.6) is 23.0 Å². The van der Waals surface area contributed by atoms with E-state index in [1.165, 1.54) is 12.2 Å². The Morgan fingerprint density at radius 3 is 1.50 bits per heavy atom. The molecule has 0 saturated heterocycles. The molecule has 0 aliphatic rings. The van der Waals surface area contributed by atoms with Crippen LogP contribution in [-0.2, 0) is 24.5 Å². The van der Waals surface area contributed by atoms with Gasteiger partial charge in [-0.15, -0.1) is 0 Å². The number of methoxy groups -OCH3 is 2. The zero-order valence-electron chi connectivity index (χ0n) is 26.2. The predicted octanol–water partition coefficient (Wildman–Crippen LogP) is 7.05. The van der Waals surface area contributed by atoms with Crippen LogP contribution in [0.4, 0.5) is 0 Å². The summed E-state index contributed by atoms with van der Waals surface area (Å²) in [4.78, 5) is 24.1. The molecule has 44 heavy (non-hydrogen) atoms. The molecule has 3 aromatic carbocycles. The van der Waals surface area contributed by atoms with E-state index < -0.39 is 11.9 Å². The molecule has 0 aliphatic heterocycles. The minimum Gasteiger partial charge on any atom is -0.497 e. The van der Waals surface area contributed by atoms with Gasteiger partial charge in [0.2, 0.25) is 0 Å². The number of benzene rings is 3. The maximum Gasteiger partial charge on any atom is 0.330 e. The van der Waals surface area contributed by atoms with Crippen molar-refractivity contribution >= 4 is 24.1 Å². The summed E-state index contributed by atoms with van der Waals surface area (Å²) < 4.78 is 32.9. The van der Waals surface area contributed by atoms with Crippen molar-refractivity contribution in [3.63, 3.8) is 0 Å².